The van der Waals surface area contributed by atoms with Gasteiger partial charge in [-0.3, -0.25) is 4.79 Å². The van der Waals surface area contributed by atoms with Crippen LogP contribution in [0.5, 0.6) is 5.75 Å². The molecule has 1 unspecified atom stereocenters. The monoisotopic (exact) mass is 362 g/mol. The number of nitrogens with one attached hydrogen (secondary N) is 2. The molecule has 2 N–H and O–H groups in total. The minimum atomic E-state index is -4.50. The van der Waals surface area contributed by atoms with E-state index in [0.717, 1.165) is 12.1 Å². The molecule has 1 aromatic carbocycles. The van der Waals surface area contributed by atoms with Crippen molar-refractivity contribution < 1.29 is 32.2 Å². The lowest BCUT2D eigenvalue weighted by Crippen LogP contribution is -2.39. The van der Waals surface area contributed by atoms with Crippen LogP contribution in [0.4, 0.5) is 18.0 Å². The zero-order valence-corrected chi connectivity index (χ0v) is 14.0. The number of alkyl carbamates (subject to hydrolysis) is 1. The third-order valence-corrected chi connectivity index (χ3v) is 2.96. The molecule has 0 fully saturated rings. The van der Waals surface area contributed by atoms with Crippen LogP contribution in [0.2, 0.25) is 0 Å². The first-order chi connectivity index (χ1) is 11.8. The highest BCUT2D eigenvalue weighted by molar-refractivity contribution is 5.82. The predicted molar refractivity (Wildman–Crippen MR) is 83.9 cm³/mol. The molecule has 0 saturated carbocycles. The van der Waals surface area contributed by atoms with Crippen LogP contribution in [-0.4, -0.2) is 31.4 Å². The van der Waals surface area contributed by atoms with Gasteiger partial charge in [-0.15, -0.1) is 0 Å². The van der Waals surface area contributed by atoms with Gasteiger partial charge in [-0.2, -0.15) is 13.2 Å². The summed E-state index contributed by atoms with van der Waals surface area (Å²) < 4.78 is 48.5. The minimum Gasteiger partial charge on any atom is -0.455 e. The van der Waals surface area contributed by atoms with E-state index >= 15 is 0 Å². The number of halogens is 3. The summed E-state index contributed by atoms with van der Waals surface area (Å²) in [7, 11) is 0. The number of benzene rings is 1. The normalized spacial score (nSPS) is 12.2. The lowest BCUT2D eigenvalue weighted by molar-refractivity contribution is -0.137. The van der Waals surface area contributed by atoms with Gasteiger partial charge in [0.25, 0.3) is 0 Å². The highest BCUT2D eigenvalue weighted by Crippen LogP contribution is 2.31. The Balaban J connectivity index is 2.65. The summed E-state index contributed by atoms with van der Waals surface area (Å²) in [6.45, 7) is 3.69. The van der Waals surface area contributed by atoms with Crippen molar-refractivity contribution in [2.24, 2.45) is 0 Å². The number of likely N-dealkylation sites (N-methyl/N-ethyl adjacent to an activating group) is 1. The number of ether oxygens (including phenoxy) is 2. The van der Waals surface area contributed by atoms with Crippen molar-refractivity contribution in [1.82, 2.24) is 10.6 Å². The van der Waals surface area contributed by atoms with Crippen LogP contribution < -0.4 is 15.4 Å². The van der Waals surface area contributed by atoms with E-state index in [1.807, 2.05) is 0 Å². The summed E-state index contributed by atoms with van der Waals surface area (Å²) in [5.74, 6) is -0.449. The molecule has 0 radical (unpaired) electrons. The van der Waals surface area contributed by atoms with E-state index < -0.39 is 24.1 Å². The molecule has 0 aliphatic heterocycles. The molecule has 2 amide bonds. The van der Waals surface area contributed by atoms with E-state index in [1.165, 1.54) is 12.1 Å². The molecule has 0 aliphatic carbocycles. The molecule has 0 bridgehead atoms. The van der Waals surface area contributed by atoms with E-state index in [2.05, 4.69) is 10.6 Å². The summed E-state index contributed by atoms with van der Waals surface area (Å²) in [4.78, 5) is 22.9. The maximum atomic E-state index is 12.7. The summed E-state index contributed by atoms with van der Waals surface area (Å²) in [5.41, 5.74) is -0.860. The van der Waals surface area contributed by atoms with E-state index in [0.29, 0.717) is 13.0 Å². The Kier molecular flexibility index (Phi) is 8.03. The first-order valence-electron chi connectivity index (χ1n) is 7.81. The van der Waals surface area contributed by atoms with Gasteiger partial charge in [-0.1, -0.05) is 13.0 Å². The van der Waals surface area contributed by atoms with Gasteiger partial charge in [0.1, 0.15) is 5.75 Å². The quantitative estimate of drug-likeness (QED) is 0.697. The number of amides is 2. The van der Waals surface area contributed by atoms with Crippen molar-refractivity contribution in [2.45, 2.75) is 39.2 Å². The summed E-state index contributed by atoms with van der Waals surface area (Å²) >= 11 is 0. The fraction of sp³-hybridized carbons (Fsp3) is 0.500. The Labute approximate surface area is 143 Å². The third kappa shape index (κ3) is 7.77. The minimum absolute atomic E-state index is 0.0650. The van der Waals surface area contributed by atoms with E-state index in [4.69, 9.17) is 9.47 Å². The number of carbonyl (C=O) groups excluding carboxylic acids is 2. The van der Waals surface area contributed by atoms with Crippen molar-refractivity contribution >= 4 is 12.0 Å². The van der Waals surface area contributed by atoms with E-state index in [-0.39, 0.29) is 24.6 Å². The van der Waals surface area contributed by atoms with Gasteiger partial charge in [-0.05, 0) is 31.5 Å². The highest BCUT2D eigenvalue weighted by Gasteiger charge is 2.31. The SMILES string of the molecule is CCCC(OC(=O)NCC(=O)NCC)Oc1cccc(C(F)(F)F)c1. The highest BCUT2D eigenvalue weighted by atomic mass is 19.4. The van der Waals surface area contributed by atoms with Gasteiger partial charge in [0.15, 0.2) is 0 Å². The Morgan fingerprint density at radius 1 is 1.20 bits per heavy atom. The fourth-order valence-corrected chi connectivity index (χ4v) is 1.85. The summed E-state index contributed by atoms with van der Waals surface area (Å²) in [6.07, 6.45) is -5.60. The van der Waals surface area contributed by atoms with Crippen molar-refractivity contribution in [3.05, 3.63) is 29.8 Å². The molecule has 6 nitrogen and oxygen atoms in total. The fourth-order valence-electron chi connectivity index (χ4n) is 1.85. The first kappa shape index (κ1) is 20.6. The number of rotatable bonds is 8. The molecule has 1 aromatic rings. The largest absolute Gasteiger partial charge is 0.455 e. The van der Waals surface area contributed by atoms with Crippen molar-refractivity contribution in [3.8, 4) is 5.75 Å². The van der Waals surface area contributed by atoms with Gasteiger partial charge in [-0.25, -0.2) is 4.79 Å². The van der Waals surface area contributed by atoms with Crippen LogP contribution >= 0.6 is 0 Å². The standard InChI is InChI=1S/C16H21F3N2O4/c1-3-6-14(25-15(23)21-10-13(22)20-4-2)24-12-8-5-7-11(9-12)16(17,18)19/h5,7-9,14H,3-4,6,10H2,1-2H3,(H,20,22)(H,21,23). The van der Waals surface area contributed by atoms with Crippen molar-refractivity contribution in [3.63, 3.8) is 0 Å². The summed E-state index contributed by atoms with van der Waals surface area (Å²) in [6, 6.07) is 4.30. The predicted octanol–water partition coefficient (Wildman–Crippen LogP) is 3.07. The molecule has 1 atom stereocenters. The zero-order chi connectivity index (χ0) is 18.9. The molecule has 1 rings (SSSR count). The average Bonchev–Trinajstić information content (AvgIpc) is 2.53. The topological polar surface area (TPSA) is 76.7 Å². The first-order valence-corrected chi connectivity index (χ1v) is 7.81. The van der Waals surface area contributed by atoms with E-state index in [1.54, 1.807) is 13.8 Å². The lowest BCUT2D eigenvalue weighted by atomic mass is 10.2. The Morgan fingerprint density at radius 2 is 1.92 bits per heavy atom. The second-order valence-electron chi connectivity index (χ2n) is 5.07. The van der Waals surface area contributed by atoms with Crippen LogP contribution in [0.25, 0.3) is 0 Å². The van der Waals surface area contributed by atoms with Crippen LogP contribution in [0.15, 0.2) is 24.3 Å². The van der Waals surface area contributed by atoms with Crippen molar-refractivity contribution in [2.75, 3.05) is 13.1 Å². The second-order valence-corrected chi connectivity index (χ2v) is 5.07. The van der Waals surface area contributed by atoms with Crippen molar-refractivity contribution in [1.29, 1.82) is 0 Å². The Hall–Kier alpha value is -2.45. The molecule has 0 heterocycles. The molecule has 25 heavy (non-hydrogen) atoms. The molecule has 0 aliphatic rings. The lowest BCUT2D eigenvalue weighted by Gasteiger charge is -2.19. The molecule has 0 aromatic heterocycles. The number of alkyl halides is 3. The van der Waals surface area contributed by atoms with Gasteiger partial charge in [0.05, 0.1) is 12.1 Å². The van der Waals surface area contributed by atoms with Crippen LogP contribution in [0, 0.1) is 0 Å². The van der Waals surface area contributed by atoms with Gasteiger partial charge < -0.3 is 20.1 Å². The van der Waals surface area contributed by atoms with E-state index in [9.17, 15) is 22.8 Å². The molecular weight excluding hydrogens is 341 g/mol. The average molecular weight is 362 g/mol. The maximum absolute atomic E-state index is 12.7. The van der Waals surface area contributed by atoms with Crippen LogP contribution in [0.1, 0.15) is 32.3 Å². The number of hydrogen-bond donors (Lipinski definition) is 2. The molecular formula is C16H21F3N2O4. The molecule has 140 valence electrons. The molecule has 0 spiro atoms. The Morgan fingerprint density at radius 3 is 2.52 bits per heavy atom. The maximum Gasteiger partial charge on any atom is 0.416 e. The zero-order valence-electron chi connectivity index (χ0n) is 14.0. The second kappa shape index (κ2) is 9.75. The number of hydrogen-bond acceptors (Lipinski definition) is 4. The summed E-state index contributed by atoms with van der Waals surface area (Å²) in [5, 5.41) is 4.74. The Bertz CT molecular complexity index is 579. The van der Waals surface area contributed by atoms with Crippen LogP contribution in [0.3, 0.4) is 0 Å². The van der Waals surface area contributed by atoms with Gasteiger partial charge in [0, 0.05) is 13.0 Å². The number of carbonyl (C=O) groups is 2. The smallest absolute Gasteiger partial charge is 0.416 e. The van der Waals surface area contributed by atoms with Crippen LogP contribution in [-0.2, 0) is 15.7 Å². The third-order valence-electron chi connectivity index (χ3n) is 2.96. The van der Waals surface area contributed by atoms with Gasteiger partial charge >= 0.3 is 12.3 Å². The van der Waals surface area contributed by atoms with Gasteiger partial charge in [0.2, 0.25) is 12.2 Å². The molecule has 0 saturated heterocycles. The molecule has 9 heteroatoms.